The number of fused-ring (bicyclic) bond motifs is 1. The lowest BCUT2D eigenvalue weighted by Crippen LogP contribution is -2.39. The number of rotatable bonds is 2. The monoisotopic (exact) mass is 233 g/mol. The first-order valence-corrected chi connectivity index (χ1v) is 5.48. The smallest absolute Gasteiger partial charge is 0.263 e. The van der Waals surface area contributed by atoms with Crippen molar-refractivity contribution in [2.24, 2.45) is 0 Å². The van der Waals surface area contributed by atoms with Crippen molar-refractivity contribution in [1.29, 1.82) is 0 Å². The van der Waals surface area contributed by atoms with E-state index in [0.29, 0.717) is 11.3 Å². The first-order chi connectivity index (χ1) is 7.88. The number of Topliss-reactive ketones (excluding diaryl/α,β-unsaturated/α-hetero) is 1. The van der Waals surface area contributed by atoms with E-state index in [0.717, 1.165) is 5.56 Å². The minimum Gasteiger partial charge on any atom is -0.375 e. The van der Waals surface area contributed by atoms with Gasteiger partial charge >= 0.3 is 0 Å². The number of aliphatic hydroxyl groups is 1. The number of nitrogens with zero attached hydrogens (tertiary/aromatic N) is 1. The molecule has 0 saturated heterocycles. The zero-order valence-electron chi connectivity index (χ0n) is 10.2. The highest BCUT2D eigenvalue weighted by Gasteiger charge is 2.49. The molecule has 0 bridgehead atoms. The molecular formula is C13H15NO3. The SMILES string of the molecule is CC(=O)CC1(O)C(=O)N(C)c2c(C)cccc21. The number of hydrogen-bond acceptors (Lipinski definition) is 3. The van der Waals surface area contributed by atoms with Crippen molar-refractivity contribution < 1.29 is 14.7 Å². The van der Waals surface area contributed by atoms with E-state index in [1.807, 2.05) is 13.0 Å². The van der Waals surface area contributed by atoms with Gasteiger partial charge in [-0.05, 0) is 19.4 Å². The summed E-state index contributed by atoms with van der Waals surface area (Å²) in [5, 5.41) is 10.5. The van der Waals surface area contributed by atoms with Crippen LogP contribution in [-0.4, -0.2) is 23.8 Å². The molecule has 1 aliphatic rings. The molecular weight excluding hydrogens is 218 g/mol. The van der Waals surface area contributed by atoms with Gasteiger partial charge in [-0.15, -0.1) is 0 Å². The third-order valence-corrected chi connectivity index (χ3v) is 3.18. The van der Waals surface area contributed by atoms with Gasteiger partial charge in [-0.1, -0.05) is 18.2 Å². The van der Waals surface area contributed by atoms with Crippen molar-refractivity contribution in [3.8, 4) is 0 Å². The Balaban J connectivity index is 2.63. The fourth-order valence-corrected chi connectivity index (χ4v) is 2.46. The molecule has 17 heavy (non-hydrogen) atoms. The standard InChI is InChI=1S/C13H15NO3/c1-8-5-4-6-10-11(8)14(3)12(16)13(10,17)7-9(2)15/h4-6,17H,7H2,1-3H3. The average Bonchev–Trinajstić information content (AvgIpc) is 2.42. The number of para-hydroxylation sites is 1. The number of carbonyl (C=O) groups excluding carboxylic acids is 2. The second-order valence-electron chi connectivity index (χ2n) is 4.57. The van der Waals surface area contributed by atoms with Gasteiger partial charge in [0.05, 0.1) is 5.69 Å². The van der Waals surface area contributed by atoms with Gasteiger partial charge in [0.15, 0.2) is 5.60 Å². The Morgan fingerprint density at radius 3 is 2.71 bits per heavy atom. The van der Waals surface area contributed by atoms with Crippen LogP contribution in [0.4, 0.5) is 5.69 Å². The number of likely N-dealkylation sites (N-methyl/N-ethyl adjacent to an activating group) is 1. The number of aryl methyl sites for hydroxylation is 1. The summed E-state index contributed by atoms with van der Waals surface area (Å²) in [7, 11) is 1.62. The van der Waals surface area contributed by atoms with E-state index in [4.69, 9.17) is 0 Å². The summed E-state index contributed by atoms with van der Waals surface area (Å²) in [6, 6.07) is 5.36. The molecule has 4 heteroatoms. The van der Waals surface area contributed by atoms with Crippen LogP contribution >= 0.6 is 0 Å². The van der Waals surface area contributed by atoms with Crippen molar-refractivity contribution >= 4 is 17.4 Å². The van der Waals surface area contributed by atoms with Crippen LogP contribution in [0.5, 0.6) is 0 Å². The van der Waals surface area contributed by atoms with Crippen molar-refractivity contribution in [2.45, 2.75) is 25.9 Å². The molecule has 90 valence electrons. The van der Waals surface area contributed by atoms with Gasteiger partial charge in [-0.25, -0.2) is 0 Å². The van der Waals surface area contributed by atoms with Gasteiger partial charge in [0.1, 0.15) is 5.78 Å². The lowest BCUT2D eigenvalue weighted by molar-refractivity contribution is -0.141. The molecule has 0 spiro atoms. The van der Waals surface area contributed by atoms with Gasteiger partial charge in [0.2, 0.25) is 0 Å². The van der Waals surface area contributed by atoms with Crippen LogP contribution in [0.15, 0.2) is 18.2 Å². The summed E-state index contributed by atoms with van der Waals surface area (Å²) < 4.78 is 0. The number of anilines is 1. The van der Waals surface area contributed by atoms with E-state index < -0.39 is 11.5 Å². The third-order valence-electron chi connectivity index (χ3n) is 3.18. The molecule has 0 saturated carbocycles. The van der Waals surface area contributed by atoms with Crippen molar-refractivity contribution in [2.75, 3.05) is 11.9 Å². The Morgan fingerprint density at radius 2 is 2.12 bits per heavy atom. The van der Waals surface area contributed by atoms with Crippen LogP contribution in [0.25, 0.3) is 0 Å². The molecule has 1 aromatic rings. The summed E-state index contributed by atoms with van der Waals surface area (Å²) in [5.41, 5.74) is 0.460. The Morgan fingerprint density at radius 1 is 1.47 bits per heavy atom. The van der Waals surface area contributed by atoms with Crippen molar-refractivity contribution in [1.82, 2.24) is 0 Å². The summed E-state index contributed by atoms with van der Waals surface area (Å²) in [4.78, 5) is 24.7. The highest BCUT2D eigenvalue weighted by molar-refractivity contribution is 6.09. The quantitative estimate of drug-likeness (QED) is 0.833. The van der Waals surface area contributed by atoms with E-state index in [1.165, 1.54) is 11.8 Å². The van der Waals surface area contributed by atoms with Gasteiger partial charge in [0.25, 0.3) is 5.91 Å². The fourth-order valence-electron chi connectivity index (χ4n) is 2.46. The molecule has 0 aliphatic carbocycles. The molecule has 4 nitrogen and oxygen atoms in total. The van der Waals surface area contributed by atoms with Crippen LogP contribution in [0.1, 0.15) is 24.5 Å². The molecule has 1 aliphatic heterocycles. The number of ketones is 1. The maximum atomic E-state index is 12.1. The zero-order valence-corrected chi connectivity index (χ0v) is 10.2. The van der Waals surface area contributed by atoms with Crippen molar-refractivity contribution in [3.63, 3.8) is 0 Å². The lowest BCUT2D eigenvalue weighted by Gasteiger charge is -2.20. The highest BCUT2D eigenvalue weighted by atomic mass is 16.3. The van der Waals surface area contributed by atoms with Gasteiger partial charge < -0.3 is 10.0 Å². The van der Waals surface area contributed by atoms with Crippen molar-refractivity contribution in [3.05, 3.63) is 29.3 Å². The van der Waals surface area contributed by atoms with Crippen LogP contribution in [0.3, 0.4) is 0 Å². The second kappa shape index (κ2) is 3.67. The highest BCUT2D eigenvalue weighted by Crippen LogP contribution is 2.43. The molecule has 1 N–H and O–H groups in total. The summed E-state index contributed by atoms with van der Waals surface area (Å²) >= 11 is 0. The van der Waals surface area contributed by atoms with Crippen LogP contribution in [0, 0.1) is 6.92 Å². The molecule has 0 radical (unpaired) electrons. The van der Waals surface area contributed by atoms with E-state index >= 15 is 0 Å². The van der Waals surface area contributed by atoms with Crippen LogP contribution in [-0.2, 0) is 15.2 Å². The maximum Gasteiger partial charge on any atom is 0.263 e. The molecule has 0 aromatic heterocycles. The van der Waals surface area contributed by atoms with Gasteiger partial charge in [0, 0.05) is 19.0 Å². The summed E-state index contributed by atoms with van der Waals surface area (Å²) in [6.07, 6.45) is -0.174. The molecule has 1 amide bonds. The normalized spacial score (nSPS) is 22.8. The predicted octanol–water partition coefficient (Wildman–Crippen LogP) is 1.14. The second-order valence-corrected chi connectivity index (χ2v) is 4.57. The van der Waals surface area contributed by atoms with Crippen LogP contribution < -0.4 is 4.90 Å². The number of benzene rings is 1. The molecule has 0 fully saturated rings. The molecule has 1 unspecified atom stereocenters. The Kier molecular flexibility index (Phi) is 2.54. The summed E-state index contributed by atoms with van der Waals surface area (Å²) in [5.74, 6) is -0.638. The minimum absolute atomic E-state index is 0.174. The molecule has 1 atom stereocenters. The Bertz CT molecular complexity index is 509. The minimum atomic E-state index is -1.69. The number of amides is 1. The average molecular weight is 233 g/mol. The molecule has 1 aromatic carbocycles. The van der Waals surface area contributed by atoms with Gasteiger partial charge in [-0.3, -0.25) is 9.59 Å². The first kappa shape index (κ1) is 11.8. The van der Waals surface area contributed by atoms with E-state index in [2.05, 4.69) is 0 Å². The Hall–Kier alpha value is -1.68. The van der Waals surface area contributed by atoms with Crippen LogP contribution in [0.2, 0.25) is 0 Å². The topological polar surface area (TPSA) is 57.6 Å². The number of hydrogen-bond donors (Lipinski definition) is 1. The van der Waals surface area contributed by atoms with E-state index in [9.17, 15) is 14.7 Å². The van der Waals surface area contributed by atoms with E-state index in [-0.39, 0.29) is 12.2 Å². The largest absolute Gasteiger partial charge is 0.375 e. The summed E-state index contributed by atoms with van der Waals surface area (Å²) in [6.45, 7) is 3.25. The third kappa shape index (κ3) is 1.56. The fraction of sp³-hybridized carbons (Fsp3) is 0.385. The lowest BCUT2D eigenvalue weighted by atomic mass is 9.89. The zero-order chi connectivity index (χ0) is 12.8. The molecule has 2 rings (SSSR count). The van der Waals surface area contributed by atoms with E-state index in [1.54, 1.807) is 19.2 Å². The molecule has 1 heterocycles. The van der Waals surface area contributed by atoms with Gasteiger partial charge in [-0.2, -0.15) is 0 Å². The predicted molar refractivity (Wildman–Crippen MR) is 63.8 cm³/mol. The Labute approximate surface area is 99.9 Å². The maximum absolute atomic E-state index is 12.1. The first-order valence-electron chi connectivity index (χ1n) is 5.48. The number of carbonyl (C=O) groups is 2.